The van der Waals surface area contributed by atoms with Crippen LogP contribution >= 0.6 is 0 Å². The van der Waals surface area contributed by atoms with Gasteiger partial charge in [0, 0.05) is 5.92 Å². The standard InChI is InChI=1S/C19H19N/c1-20-19(18-14-8-9-15-18,16-10-4-2-5-11-16)17-12-6-3-7-13-17/h2-15,18,20H,1H3. The largest absolute Gasteiger partial charge is 0.306 e. The van der Waals surface area contributed by atoms with Gasteiger partial charge in [-0.05, 0) is 18.2 Å². The second-order valence-electron chi connectivity index (χ2n) is 5.09. The quantitative estimate of drug-likeness (QED) is 0.880. The van der Waals surface area contributed by atoms with Gasteiger partial charge < -0.3 is 5.32 Å². The molecule has 1 aliphatic rings. The SMILES string of the molecule is CNC(c1ccccc1)(c1ccccc1)C1C=CC=C1. The minimum Gasteiger partial charge on any atom is -0.306 e. The van der Waals surface area contributed by atoms with Gasteiger partial charge in [-0.1, -0.05) is 85.0 Å². The van der Waals surface area contributed by atoms with E-state index in [1.165, 1.54) is 11.1 Å². The van der Waals surface area contributed by atoms with Gasteiger partial charge in [-0.3, -0.25) is 0 Å². The number of allylic oxidation sites excluding steroid dienone is 2. The van der Waals surface area contributed by atoms with Crippen molar-refractivity contribution in [3.63, 3.8) is 0 Å². The summed E-state index contributed by atoms with van der Waals surface area (Å²) in [6.07, 6.45) is 8.78. The Morgan fingerprint density at radius 1 is 0.750 bits per heavy atom. The minimum absolute atomic E-state index is 0.216. The molecule has 1 heteroatoms. The number of hydrogen-bond donors (Lipinski definition) is 1. The van der Waals surface area contributed by atoms with Crippen LogP contribution in [0.1, 0.15) is 11.1 Å². The van der Waals surface area contributed by atoms with Crippen molar-refractivity contribution >= 4 is 0 Å². The first kappa shape index (κ1) is 12.9. The Bertz CT molecular complexity index is 559. The second-order valence-corrected chi connectivity index (χ2v) is 5.09. The zero-order valence-corrected chi connectivity index (χ0v) is 11.7. The van der Waals surface area contributed by atoms with Crippen LogP contribution in [0.4, 0.5) is 0 Å². The highest BCUT2D eigenvalue weighted by Crippen LogP contribution is 2.39. The van der Waals surface area contributed by atoms with Crippen molar-refractivity contribution in [1.29, 1.82) is 0 Å². The molecule has 0 saturated heterocycles. The lowest BCUT2D eigenvalue weighted by molar-refractivity contribution is 0.377. The Balaban J connectivity index is 2.21. The summed E-state index contributed by atoms with van der Waals surface area (Å²) in [5.41, 5.74) is 2.36. The van der Waals surface area contributed by atoms with Gasteiger partial charge in [-0.25, -0.2) is 0 Å². The average Bonchev–Trinajstić information content (AvgIpc) is 3.06. The van der Waals surface area contributed by atoms with E-state index in [2.05, 4.69) is 90.3 Å². The summed E-state index contributed by atoms with van der Waals surface area (Å²) < 4.78 is 0. The first-order valence-electron chi connectivity index (χ1n) is 7.03. The van der Waals surface area contributed by atoms with Crippen molar-refractivity contribution in [1.82, 2.24) is 5.32 Å². The van der Waals surface area contributed by atoms with Crippen LogP contribution in [0.5, 0.6) is 0 Å². The third-order valence-corrected chi connectivity index (χ3v) is 4.10. The van der Waals surface area contributed by atoms with Crippen molar-refractivity contribution in [2.45, 2.75) is 5.54 Å². The Morgan fingerprint density at radius 2 is 1.20 bits per heavy atom. The average molecular weight is 261 g/mol. The molecule has 1 nitrogen and oxygen atoms in total. The molecule has 0 bridgehead atoms. The van der Waals surface area contributed by atoms with Gasteiger partial charge in [0.15, 0.2) is 0 Å². The molecule has 0 radical (unpaired) electrons. The molecular formula is C19H19N. The second kappa shape index (κ2) is 5.48. The molecule has 0 atom stereocenters. The fraction of sp³-hybridized carbons (Fsp3) is 0.158. The first-order chi connectivity index (χ1) is 9.88. The molecule has 1 aliphatic carbocycles. The predicted octanol–water partition coefficient (Wildman–Crippen LogP) is 3.89. The van der Waals surface area contributed by atoms with E-state index in [1.807, 2.05) is 7.05 Å². The molecule has 1 N–H and O–H groups in total. The van der Waals surface area contributed by atoms with Gasteiger partial charge in [-0.15, -0.1) is 0 Å². The summed E-state index contributed by atoms with van der Waals surface area (Å²) in [6.45, 7) is 0. The fourth-order valence-corrected chi connectivity index (χ4v) is 3.13. The third kappa shape index (κ3) is 2.00. The molecule has 0 heterocycles. The molecule has 100 valence electrons. The Labute approximate surface area is 120 Å². The molecule has 20 heavy (non-hydrogen) atoms. The Morgan fingerprint density at radius 3 is 1.60 bits per heavy atom. The summed E-state index contributed by atoms with van der Waals surface area (Å²) in [5.74, 6) is 0.317. The summed E-state index contributed by atoms with van der Waals surface area (Å²) >= 11 is 0. The molecule has 0 spiro atoms. The topological polar surface area (TPSA) is 12.0 Å². The van der Waals surface area contributed by atoms with E-state index in [1.54, 1.807) is 0 Å². The van der Waals surface area contributed by atoms with Gasteiger partial charge in [0.1, 0.15) is 0 Å². The highest BCUT2D eigenvalue weighted by molar-refractivity contribution is 5.44. The van der Waals surface area contributed by atoms with Gasteiger partial charge in [-0.2, -0.15) is 0 Å². The fourth-order valence-electron chi connectivity index (χ4n) is 3.13. The zero-order valence-electron chi connectivity index (χ0n) is 11.7. The van der Waals surface area contributed by atoms with E-state index in [9.17, 15) is 0 Å². The summed E-state index contributed by atoms with van der Waals surface area (Å²) in [6, 6.07) is 21.3. The molecule has 0 amide bonds. The normalized spacial score (nSPS) is 14.8. The van der Waals surface area contributed by atoms with Crippen molar-refractivity contribution < 1.29 is 0 Å². The van der Waals surface area contributed by atoms with Crippen LogP contribution < -0.4 is 5.32 Å². The van der Waals surface area contributed by atoms with Crippen molar-refractivity contribution in [2.75, 3.05) is 7.05 Å². The number of rotatable bonds is 4. The number of hydrogen-bond acceptors (Lipinski definition) is 1. The lowest BCUT2D eigenvalue weighted by Crippen LogP contribution is -2.46. The van der Waals surface area contributed by atoms with Gasteiger partial charge in [0.05, 0.1) is 5.54 Å². The summed E-state index contributed by atoms with van der Waals surface area (Å²) in [4.78, 5) is 0. The van der Waals surface area contributed by atoms with Crippen LogP contribution in [0.3, 0.4) is 0 Å². The minimum atomic E-state index is -0.216. The van der Waals surface area contributed by atoms with E-state index >= 15 is 0 Å². The smallest absolute Gasteiger partial charge is 0.0787 e. The molecule has 2 aromatic carbocycles. The van der Waals surface area contributed by atoms with E-state index < -0.39 is 0 Å². The highest BCUT2D eigenvalue weighted by Gasteiger charge is 2.38. The molecule has 0 fully saturated rings. The molecule has 0 saturated carbocycles. The third-order valence-electron chi connectivity index (χ3n) is 4.10. The molecule has 0 aromatic heterocycles. The Hall–Kier alpha value is -2.12. The van der Waals surface area contributed by atoms with Crippen molar-refractivity contribution in [3.8, 4) is 0 Å². The highest BCUT2D eigenvalue weighted by atomic mass is 15.0. The maximum Gasteiger partial charge on any atom is 0.0787 e. The van der Waals surface area contributed by atoms with Crippen LogP contribution in [0.2, 0.25) is 0 Å². The van der Waals surface area contributed by atoms with Crippen molar-refractivity contribution in [3.05, 3.63) is 96.1 Å². The van der Waals surface area contributed by atoms with E-state index in [-0.39, 0.29) is 5.54 Å². The van der Waals surface area contributed by atoms with Crippen LogP contribution in [-0.4, -0.2) is 7.05 Å². The molecule has 0 unspecified atom stereocenters. The zero-order chi connectivity index (χ0) is 13.8. The predicted molar refractivity (Wildman–Crippen MR) is 84.5 cm³/mol. The lowest BCUT2D eigenvalue weighted by Gasteiger charge is -2.39. The van der Waals surface area contributed by atoms with Crippen LogP contribution in [0.15, 0.2) is 85.0 Å². The van der Waals surface area contributed by atoms with E-state index in [0.717, 1.165) is 0 Å². The first-order valence-corrected chi connectivity index (χ1v) is 7.03. The van der Waals surface area contributed by atoms with Gasteiger partial charge in [0.2, 0.25) is 0 Å². The number of nitrogens with one attached hydrogen (secondary N) is 1. The van der Waals surface area contributed by atoms with Crippen LogP contribution in [-0.2, 0) is 5.54 Å². The van der Waals surface area contributed by atoms with E-state index in [4.69, 9.17) is 0 Å². The molecular weight excluding hydrogens is 242 g/mol. The van der Waals surface area contributed by atoms with Crippen LogP contribution in [0.25, 0.3) is 0 Å². The summed E-state index contributed by atoms with van der Waals surface area (Å²) in [7, 11) is 2.04. The van der Waals surface area contributed by atoms with Gasteiger partial charge in [0.25, 0.3) is 0 Å². The van der Waals surface area contributed by atoms with E-state index in [0.29, 0.717) is 5.92 Å². The van der Waals surface area contributed by atoms with Gasteiger partial charge >= 0.3 is 0 Å². The summed E-state index contributed by atoms with van der Waals surface area (Å²) in [5, 5.41) is 3.59. The molecule has 3 rings (SSSR count). The van der Waals surface area contributed by atoms with Crippen LogP contribution in [0, 0.1) is 5.92 Å². The van der Waals surface area contributed by atoms with Crippen molar-refractivity contribution in [2.24, 2.45) is 5.92 Å². The number of benzene rings is 2. The Kier molecular flexibility index (Phi) is 3.53. The maximum atomic E-state index is 3.59. The molecule has 0 aliphatic heterocycles. The maximum absolute atomic E-state index is 3.59. The monoisotopic (exact) mass is 261 g/mol. The lowest BCUT2D eigenvalue weighted by atomic mass is 9.73. The molecule has 2 aromatic rings.